The average Bonchev–Trinajstić information content (AvgIpc) is 2.94. The number of ether oxygens (including phenoxy) is 1. The lowest BCUT2D eigenvalue weighted by Crippen LogP contribution is -2.49. The van der Waals surface area contributed by atoms with Gasteiger partial charge < -0.3 is 20.6 Å². The van der Waals surface area contributed by atoms with E-state index in [1.807, 2.05) is 0 Å². The van der Waals surface area contributed by atoms with Crippen molar-refractivity contribution in [1.29, 1.82) is 0 Å². The molecular formula is C12H17N5O2. The second-order valence-electron chi connectivity index (χ2n) is 4.85. The van der Waals surface area contributed by atoms with Crippen molar-refractivity contribution in [3.05, 3.63) is 17.8 Å². The molecule has 1 aliphatic heterocycles. The van der Waals surface area contributed by atoms with E-state index in [2.05, 4.69) is 20.3 Å². The highest BCUT2D eigenvalue weighted by Crippen LogP contribution is 2.33. The van der Waals surface area contributed by atoms with E-state index >= 15 is 0 Å². The molecule has 0 bridgehead atoms. The van der Waals surface area contributed by atoms with E-state index in [1.165, 1.54) is 0 Å². The Bertz CT molecular complexity index is 493. The van der Waals surface area contributed by atoms with Gasteiger partial charge in [-0.2, -0.15) is 5.10 Å². The number of oxime groups is 1. The van der Waals surface area contributed by atoms with Gasteiger partial charge in [-0.25, -0.2) is 0 Å². The molecule has 1 saturated heterocycles. The predicted octanol–water partition coefficient (Wildman–Crippen LogP) is 0.329. The predicted molar refractivity (Wildman–Crippen MR) is 69.3 cm³/mol. The van der Waals surface area contributed by atoms with E-state index in [-0.39, 0.29) is 11.9 Å². The fourth-order valence-electron chi connectivity index (χ4n) is 2.98. The summed E-state index contributed by atoms with van der Waals surface area (Å²) in [6.45, 7) is 1.43. The Balaban J connectivity index is 1.97. The van der Waals surface area contributed by atoms with Crippen LogP contribution in [-0.2, 0) is 4.74 Å². The van der Waals surface area contributed by atoms with E-state index in [1.54, 1.807) is 12.3 Å². The molecule has 1 aromatic heterocycles. The molecule has 2 atom stereocenters. The summed E-state index contributed by atoms with van der Waals surface area (Å²) in [6.07, 6.45) is 5.13. The van der Waals surface area contributed by atoms with E-state index in [9.17, 15) is 0 Å². The summed E-state index contributed by atoms with van der Waals surface area (Å²) in [7, 11) is 0. The van der Waals surface area contributed by atoms with Crippen LogP contribution in [0.4, 0.5) is 5.82 Å². The molecule has 1 aromatic rings. The Kier molecular flexibility index (Phi) is 3.20. The minimum Gasteiger partial charge on any atom is -0.409 e. The van der Waals surface area contributed by atoms with Gasteiger partial charge in [0.1, 0.15) is 0 Å². The number of anilines is 1. The van der Waals surface area contributed by atoms with Gasteiger partial charge >= 0.3 is 0 Å². The van der Waals surface area contributed by atoms with Crippen molar-refractivity contribution in [3.8, 4) is 0 Å². The van der Waals surface area contributed by atoms with E-state index < -0.39 is 0 Å². The molecule has 1 aliphatic carbocycles. The number of rotatable bonds is 2. The molecule has 7 heteroatoms. The fraction of sp³-hybridized carbons (Fsp3) is 0.583. The quantitative estimate of drug-likeness (QED) is 0.345. The number of morpholine rings is 1. The Labute approximate surface area is 111 Å². The highest BCUT2D eigenvalue weighted by atomic mass is 16.5. The monoisotopic (exact) mass is 263 g/mol. The third-order valence-corrected chi connectivity index (χ3v) is 3.84. The van der Waals surface area contributed by atoms with Crippen molar-refractivity contribution in [3.63, 3.8) is 0 Å². The topological polar surface area (TPSA) is 96.9 Å². The third-order valence-electron chi connectivity index (χ3n) is 3.84. The lowest BCUT2D eigenvalue weighted by molar-refractivity contribution is 0.0252. The van der Waals surface area contributed by atoms with Gasteiger partial charge in [-0.3, -0.25) is 0 Å². The van der Waals surface area contributed by atoms with E-state index in [0.29, 0.717) is 24.0 Å². The minimum atomic E-state index is 0.0611. The summed E-state index contributed by atoms with van der Waals surface area (Å²) in [6, 6.07) is 2.03. The summed E-state index contributed by atoms with van der Waals surface area (Å²) in [4.78, 5) is 2.18. The maximum Gasteiger partial charge on any atom is 0.173 e. The molecule has 3 N–H and O–H groups in total. The highest BCUT2D eigenvalue weighted by molar-refractivity contribution is 6.01. The first-order valence-corrected chi connectivity index (χ1v) is 6.49. The molecule has 7 nitrogen and oxygen atoms in total. The molecule has 0 aromatic carbocycles. The van der Waals surface area contributed by atoms with Gasteiger partial charge in [-0.1, -0.05) is 5.16 Å². The zero-order valence-electron chi connectivity index (χ0n) is 10.6. The number of aromatic nitrogens is 2. The van der Waals surface area contributed by atoms with Crippen molar-refractivity contribution >= 4 is 11.7 Å². The second-order valence-corrected chi connectivity index (χ2v) is 4.85. The number of hydrogen-bond acceptors (Lipinski definition) is 6. The smallest absolute Gasteiger partial charge is 0.173 e. The van der Waals surface area contributed by atoms with Crippen LogP contribution >= 0.6 is 0 Å². The first kappa shape index (κ1) is 12.2. The van der Waals surface area contributed by atoms with Gasteiger partial charge in [0.05, 0.1) is 30.5 Å². The number of amidine groups is 1. The normalized spacial score (nSPS) is 27.4. The molecule has 0 amide bonds. The molecular weight excluding hydrogens is 246 g/mol. The maximum atomic E-state index is 8.87. The zero-order valence-corrected chi connectivity index (χ0v) is 10.6. The molecule has 0 radical (unpaired) electrons. The van der Waals surface area contributed by atoms with Crippen LogP contribution < -0.4 is 10.6 Å². The zero-order chi connectivity index (χ0) is 13.2. The van der Waals surface area contributed by atoms with E-state index in [0.717, 1.165) is 25.8 Å². The maximum absolute atomic E-state index is 8.87. The molecule has 2 unspecified atom stereocenters. The number of fused-ring (bicyclic) bond motifs is 1. The van der Waals surface area contributed by atoms with E-state index in [4.69, 9.17) is 15.7 Å². The van der Waals surface area contributed by atoms with Gasteiger partial charge in [0.15, 0.2) is 11.7 Å². The second kappa shape index (κ2) is 5.00. The van der Waals surface area contributed by atoms with Crippen LogP contribution in [-0.4, -0.2) is 46.5 Å². The third kappa shape index (κ3) is 2.10. The van der Waals surface area contributed by atoms with Crippen molar-refractivity contribution < 1.29 is 9.94 Å². The van der Waals surface area contributed by atoms with Gasteiger partial charge in [0.25, 0.3) is 0 Å². The Morgan fingerprint density at radius 3 is 3.26 bits per heavy atom. The van der Waals surface area contributed by atoms with Crippen LogP contribution in [0.1, 0.15) is 24.8 Å². The summed E-state index contributed by atoms with van der Waals surface area (Å²) in [5.74, 6) is 0.740. The summed E-state index contributed by atoms with van der Waals surface area (Å²) < 4.78 is 5.78. The Morgan fingerprint density at radius 2 is 2.42 bits per heavy atom. The fourth-order valence-corrected chi connectivity index (χ4v) is 2.98. The van der Waals surface area contributed by atoms with Crippen molar-refractivity contribution in [2.45, 2.75) is 31.4 Å². The van der Waals surface area contributed by atoms with Gasteiger partial charge in [-0.05, 0) is 25.3 Å². The number of nitrogens with zero attached hydrogens (tertiary/aromatic N) is 4. The molecule has 102 valence electrons. The first-order chi connectivity index (χ1) is 9.31. The SMILES string of the molecule is N/C(=N/O)c1ccnnc1N1CCOC2CCCC21. The molecule has 2 heterocycles. The van der Waals surface area contributed by atoms with Crippen molar-refractivity contribution in [2.75, 3.05) is 18.1 Å². The number of hydrogen-bond donors (Lipinski definition) is 2. The molecule has 2 aliphatic rings. The molecule has 19 heavy (non-hydrogen) atoms. The molecule has 3 rings (SSSR count). The van der Waals surface area contributed by atoms with Crippen LogP contribution in [0.25, 0.3) is 0 Å². The van der Waals surface area contributed by atoms with Crippen LogP contribution in [0.2, 0.25) is 0 Å². The standard InChI is InChI=1S/C12H17N5O2/c13-11(16-18)8-4-5-14-15-12(8)17-6-7-19-10-3-1-2-9(10)17/h4-5,9-10,18H,1-3,6-7H2,(H2,13,16). The van der Waals surface area contributed by atoms with Crippen LogP contribution in [0, 0.1) is 0 Å². The van der Waals surface area contributed by atoms with Gasteiger partial charge in [0, 0.05) is 6.54 Å². The van der Waals surface area contributed by atoms with Gasteiger partial charge in [-0.15, -0.1) is 5.10 Å². The Morgan fingerprint density at radius 1 is 1.53 bits per heavy atom. The Hall–Kier alpha value is -1.89. The van der Waals surface area contributed by atoms with Crippen molar-refractivity contribution in [2.24, 2.45) is 10.9 Å². The van der Waals surface area contributed by atoms with Crippen molar-refractivity contribution in [1.82, 2.24) is 10.2 Å². The van der Waals surface area contributed by atoms with Gasteiger partial charge in [0.2, 0.25) is 0 Å². The lowest BCUT2D eigenvalue weighted by atomic mass is 10.1. The minimum absolute atomic E-state index is 0.0611. The number of nitrogens with two attached hydrogens (primary N) is 1. The molecule has 2 fully saturated rings. The molecule has 1 saturated carbocycles. The van der Waals surface area contributed by atoms with Crippen LogP contribution in [0.3, 0.4) is 0 Å². The van der Waals surface area contributed by atoms with Crippen LogP contribution in [0.5, 0.6) is 0 Å². The summed E-state index contributed by atoms with van der Waals surface area (Å²) in [5, 5.41) is 20.0. The summed E-state index contributed by atoms with van der Waals surface area (Å²) in [5.41, 5.74) is 6.33. The first-order valence-electron chi connectivity index (χ1n) is 6.49. The average molecular weight is 263 g/mol. The largest absolute Gasteiger partial charge is 0.409 e. The summed E-state index contributed by atoms with van der Waals surface area (Å²) >= 11 is 0. The lowest BCUT2D eigenvalue weighted by Gasteiger charge is -2.38. The van der Waals surface area contributed by atoms with Crippen LogP contribution in [0.15, 0.2) is 17.4 Å². The highest BCUT2D eigenvalue weighted by Gasteiger charge is 2.37. The molecule has 0 spiro atoms.